The molecule has 3 aromatic carbocycles. The number of aromatic nitrogens is 1. The summed E-state index contributed by atoms with van der Waals surface area (Å²) < 4.78 is 37.7. The zero-order valence-corrected chi connectivity index (χ0v) is 19.0. The van der Waals surface area contributed by atoms with Crippen LogP contribution >= 0.6 is 0 Å². The number of fused-ring (bicyclic) bond motifs is 1. The number of sulfonamides is 1. The maximum Gasteiger partial charge on any atom is 0.281 e. The molecule has 3 N–H and O–H groups in total. The molecule has 0 aliphatic rings. The fourth-order valence-corrected chi connectivity index (χ4v) is 4.37. The molecule has 0 bridgehead atoms. The molecule has 34 heavy (non-hydrogen) atoms. The number of hydrogen-bond acceptors (Lipinski definition) is 8. The molecule has 1 heterocycles. The zero-order valence-electron chi connectivity index (χ0n) is 18.2. The van der Waals surface area contributed by atoms with Gasteiger partial charge in [0.15, 0.2) is 0 Å². The van der Waals surface area contributed by atoms with Gasteiger partial charge in [-0.1, -0.05) is 18.2 Å². The lowest BCUT2D eigenvalue weighted by Crippen LogP contribution is -2.30. The number of carbonyl (C=O) groups excluding carboxylic acids is 1. The third-order valence-electron chi connectivity index (χ3n) is 5.03. The Morgan fingerprint density at radius 1 is 0.941 bits per heavy atom. The Balaban J connectivity index is 1.71. The van der Waals surface area contributed by atoms with Crippen LogP contribution in [0.4, 0.5) is 17.1 Å². The molecule has 1 amide bonds. The summed E-state index contributed by atoms with van der Waals surface area (Å²) in [7, 11) is -1.02. The van der Waals surface area contributed by atoms with Crippen LogP contribution in [0.2, 0.25) is 0 Å². The van der Waals surface area contributed by atoms with Crippen molar-refractivity contribution in [2.24, 2.45) is 5.18 Å². The second-order valence-corrected chi connectivity index (χ2v) is 8.85. The van der Waals surface area contributed by atoms with Gasteiger partial charge in [0.05, 0.1) is 24.6 Å². The molecule has 0 atom stereocenters. The smallest absolute Gasteiger partial charge is 0.281 e. The summed E-state index contributed by atoms with van der Waals surface area (Å²) in [6.07, 6.45) is 0. The van der Waals surface area contributed by atoms with Gasteiger partial charge in [0, 0.05) is 35.0 Å². The van der Waals surface area contributed by atoms with E-state index in [4.69, 9.17) is 9.47 Å². The average Bonchev–Trinajstić information content (AvgIpc) is 3.30. The SMILES string of the molecule is COc1cc(Nc2ccc(N=O)c3[nH]c(C(=O)NS(=O)(=O)c4ccccc4)cc23)cc(OC)c1. The Labute approximate surface area is 194 Å². The minimum Gasteiger partial charge on any atom is -0.497 e. The van der Waals surface area contributed by atoms with Crippen LogP contribution < -0.4 is 19.5 Å². The predicted octanol–water partition coefficient (Wildman–Crippen LogP) is 4.45. The van der Waals surface area contributed by atoms with E-state index in [1.807, 2.05) is 4.72 Å². The number of rotatable bonds is 8. The number of ether oxygens (including phenoxy) is 2. The Kier molecular flexibility index (Phi) is 6.19. The highest BCUT2D eigenvalue weighted by atomic mass is 32.2. The van der Waals surface area contributed by atoms with E-state index < -0.39 is 15.9 Å². The van der Waals surface area contributed by atoms with Crippen molar-refractivity contribution in [2.75, 3.05) is 19.5 Å². The number of aromatic amines is 1. The van der Waals surface area contributed by atoms with Crippen molar-refractivity contribution in [2.45, 2.75) is 4.90 Å². The monoisotopic (exact) mass is 480 g/mol. The van der Waals surface area contributed by atoms with Gasteiger partial charge < -0.3 is 19.8 Å². The van der Waals surface area contributed by atoms with Crippen LogP contribution in [-0.2, 0) is 10.0 Å². The Bertz CT molecular complexity index is 1460. The normalized spacial score (nSPS) is 11.1. The van der Waals surface area contributed by atoms with E-state index in [0.29, 0.717) is 28.3 Å². The van der Waals surface area contributed by atoms with Gasteiger partial charge in [0.25, 0.3) is 15.9 Å². The van der Waals surface area contributed by atoms with Crippen molar-refractivity contribution >= 4 is 43.9 Å². The van der Waals surface area contributed by atoms with Gasteiger partial charge in [0.1, 0.15) is 22.9 Å². The molecule has 0 fully saturated rings. The second-order valence-electron chi connectivity index (χ2n) is 7.17. The number of nitrogens with zero attached hydrogens (tertiary/aromatic N) is 1. The molecule has 174 valence electrons. The molecule has 10 nitrogen and oxygen atoms in total. The molecule has 4 aromatic rings. The fourth-order valence-electron chi connectivity index (χ4n) is 3.38. The van der Waals surface area contributed by atoms with Crippen LogP contribution in [0.15, 0.2) is 76.8 Å². The van der Waals surface area contributed by atoms with E-state index in [0.717, 1.165) is 0 Å². The number of hydrogen-bond donors (Lipinski definition) is 3. The number of anilines is 2. The Hall–Kier alpha value is -4.38. The van der Waals surface area contributed by atoms with Gasteiger partial charge >= 0.3 is 0 Å². The summed E-state index contributed by atoms with van der Waals surface area (Å²) in [4.78, 5) is 26.8. The summed E-state index contributed by atoms with van der Waals surface area (Å²) >= 11 is 0. The number of nitrogens with one attached hydrogen (secondary N) is 3. The second kappa shape index (κ2) is 9.24. The number of benzene rings is 3. The first-order valence-electron chi connectivity index (χ1n) is 9.96. The van der Waals surface area contributed by atoms with Crippen molar-refractivity contribution in [1.82, 2.24) is 9.71 Å². The van der Waals surface area contributed by atoms with Crippen LogP contribution in [0.5, 0.6) is 11.5 Å². The standard InChI is InChI=1S/C23H20N4O6S/c1-32-15-10-14(11-16(12-15)33-2)24-19-8-9-20(26-29)22-18(19)13-21(25-22)23(28)27-34(30,31)17-6-4-3-5-7-17/h3-13,24-25H,1-2H3,(H,27,28). The molecule has 0 unspecified atom stereocenters. The van der Waals surface area contributed by atoms with Crippen molar-refractivity contribution in [3.8, 4) is 11.5 Å². The molecular weight excluding hydrogens is 460 g/mol. The zero-order chi connectivity index (χ0) is 24.3. The lowest BCUT2D eigenvalue weighted by Gasteiger charge is -2.12. The van der Waals surface area contributed by atoms with Crippen LogP contribution in [0.3, 0.4) is 0 Å². The van der Waals surface area contributed by atoms with Crippen molar-refractivity contribution < 1.29 is 22.7 Å². The summed E-state index contributed by atoms with van der Waals surface area (Å²) in [5.41, 5.74) is 1.45. The highest BCUT2D eigenvalue weighted by Gasteiger charge is 2.21. The minimum absolute atomic E-state index is 0.0518. The Morgan fingerprint density at radius 3 is 2.24 bits per heavy atom. The summed E-state index contributed by atoms with van der Waals surface area (Å²) in [5, 5.41) is 6.66. The maximum atomic E-state index is 12.8. The van der Waals surface area contributed by atoms with Gasteiger partial charge in [-0.15, -0.1) is 4.91 Å². The largest absolute Gasteiger partial charge is 0.497 e. The van der Waals surface area contributed by atoms with Gasteiger partial charge in [-0.2, -0.15) is 0 Å². The molecule has 4 rings (SSSR count). The lowest BCUT2D eigenvalue weighted by molar-refractivity contribution is 0.0977. The maximum absolute atomic E-state index is 12.8. The molecule has 1 aromatic heterocycles. The first-order valence-corrected chi connectivity index (χ1v) is 11.4. The van der Waals surface area contributed by atoms with Gasteiger partial charge in [0.2, 0.25) is 0 Å². The number of carbonyl (C=O) groups is 1. The van der Waals surface area contributed by atoms with E-state index in [9.17, 15) is 18.1 Å². The van der Waals surface area contributed by atoms with E-state index in [2.05, 4.69) is 15.5 Å². The molecular formula is C23H20N4O6S. The summed E-state index contributed by atoms with van der Waals surface area (Å²) in [6, 6.07) is 17.3. The highest BCUT2D eigenvalue weighted by Crippen LogP contribution is 2.35. The first-order chi connectivity index (χ1) is 16.3. The van der Waals surface area contributed by atoms with Gasteiger partial charge in [-0.25, -0.2) is 13.1 Å². The van der Waals surface area contributed by atoms with Crippen LogP contribution in [0, 0.1) is 4.91 Å². The minimum atomic E-state index is -4.08. The molecule has 11 heteroatoms. The van der Waals surface area contributed by atoms with Crippen molar-refractivity contribution in [1.29, 1.82) is 0 Å². The number of amides is 1. The van der Waals surface area contributed by atoms with E-state index in [-0.39, 0.29) is 21.8 Å². The molecule has 0 saturated carbocycles. The Morgan fingerprint density at radius 2 is 1.62 bits per heavy atom. The molecule has 0 aliphatic carbocycles. The van der Waals surface area contributed by atoms with E-state index >= 15 is 0 Å². The topological polar surface area (TPSA) is 139 Å². The fraction of sp³-hybridized carbons (Fsp3) is 0.0870. The van der Waals surface area contributed by atoms with Gasteiger partial charge in [-0.3, -0.25) is 4.79 Å². The molecule has 0 spiro atoms. The molecule has 0 radical (unpaired) electrons. The molecule has 0 saturated heterocycles. The molecule has 0 aliphatic heterocycles. The summed E-state index contributed by atoms with van der Waals surface area (Å²) in [6.45, 7) is 0. The number of nitroso groups, excluding NO2 is 1. The van der Waals surface area contributed by atoms with Crippen molar-refractivity contribution in [3.63, 3.8) is 0 Å². The highest BCUT2D eigenvalue weighted by molar-refractivity contribution is 7.90. The summed E-state index contributed by atoms with van der Waals surface area (Å²) in [5.74, 6) is 0.236. The van der Waals surface area contributed by atoms with Crippen molar-refractivity contribution in [3.05, 3.63) is 77.3 Å². The van der Waals surface area contributed by atoms with E-state index in [1.165, 1.54) is 38.5 Å². The van der Waals surface area contributed by atoms with Gasteiger partial charge in [-0.05, 0) is 35.5 Å². The van der Waals surface area contributed by atoms with Crippen LogP contribution in [-0.4, -0.2) is 33.5 Å². The number of H-pyrrole nitrogens is 1. The first kappa shape index (κ1) is 22.8. The van der Waals surface area contributed by atoms with Crippen LogP contribution in [0.25, 0.3) is 10.9 Å². The average molecular weight is 481 g/mol. The third kappa shape index (κ3) is 4.55. The van der Waals surface area contributed by atoms with E-state index in [1.54, 1.807) is 42.5 Å². The number of methoxy groups -OCH3 is 2. The predicted molar refractivity (Wildman–Crippen MR) is 128 cm³/mol. The lowest BCUT2D eigenvalue weighted by atomic mass is 10.1. The van der Waals surface area contributed by atoms with Crippen LogP contribution in [0.1, 0.15) is 10.5 Å². The third-order valence-corrected chi connectivity index (χ3v) is 6.37. The quantitative estimate of drug-likeness (QED) is 0.317.